The molecule has 0 aliphatic carbocycles. The Morgan fingerprint density at radius 1 is 0.979 bits per heavy atom. The second-order valence-electron chi connectivity index (χ2n) is 9.59. The van der Waals surface area contributed by atoms with Gasteiger partial charge in [-0.25, -0.2) is 18.7 Å². The van der Waals surface area contributed by atoms with E-state index in [0.29, 0.717) is 72.2 Å². The van der Waals surface area contributed by atoms with Crippen molar-refractivity contribution in [3.05, 3.63) is 64.0 Å². The van der Waals surface area contributed by atoms with Crippen LogP contribution >= 0.6 is 34.8 Å². The first-order valence-electron chi connectivity index (χ1n) is 14.4. The lowest BCUT2D eigenvalue weighted by Crippen LogP contribution is -2.42. The summed E-state index contributed by atoms with van der Waals surface area (Å²) in [4.78, 5) is 19.9. The van der Waals surface area contributed by atoms with Gasteiger partial charge in [-0.1, -0.05) is 62.7 Å². The number of halogens is 5. The van der Waals surface area contributed by atoms with E-state index in [2.05, 4.69) is 42.0 Å². The van der Waals surface area contributed by atoms with E-state index in [1.165, 1.54) is 12.3 Å². The van der Waals surface area contributed by atoms with Gasteiger partial charge >= 0.3 is 0 Å². The lowest BCUT2D eigenvalue weighted by Gasteiger charge is -2.31. The molecule has 0 bridgehead atoms. The Hall–Kier alpha value is -3.43. The Balaban J connectivity index is 0.000000384. The Kier molecular flexibility index (Phi) is 19.0. The Morgan fingerprint density at radius 3 is 1.96 bits per heavy atom. The molecular weight excluding hydrogens is 677 g/mol. The van der Waals surface area contributed by atoms with Gasteiger partial charge in [0.2, 0.25) is 11.9 Å². The normalized spacial score (nSPS) is 17.4. The van der Waals surface area contributed by atoms with E-state index < -0.39 is 11.6 Å². The zero-order valence-electron chi connectivity index (χ0n) is 26.4. The second kappa shape index (κ2) is 21.4. The van der Waals surface area contributed by atoms with Crippen molar-refractivity contribution in [2.45, 2.75) is 54.3 Å². The molecule has 2 atom stereocenters. The molecule has 0 spiro atoms. The summed E-state index contributed by atoms with van der Waals surface area (Å²) in [6.45, 7) is 17.0. The van der Waals surface area contributed by atoms with Crippen LogP contribution in [0.1, 0.15) is 42.0 Å². The minimum absolute atomic E-state index is 0. The van der Waals surface area contributed by atoms with Crippen LogP contribution in [-0.4, -0.2) is 81.7 Å². The number of nitrogens with one attached hydrogen (secondary N) is 1. The third-order valence-corrected chi connectivity index (χ3v) is 6.19. The topological polar surface area (TPSA) is 140 Å². The third kappa shape index (κ3) is 14.9. The van der Waals surface area contributed by atoms with Crippen molar-refractivity contribution in [3.63, 3.8) is 0 Å². The Bertz CT molecular complexity index is 1440. The summed E-state index contributed by atoms with van der Waals surface area (Å²) in [7, 11) is 0. The van der Waals surface area contributed by atoms with Crippen LogP contribution in [-0.2, 0) is 9.47 Å². The number of allylic oxidation sites excluding steroid dienone is 3. The predicted octanol–water partition coefficient (Wildman–Crippen LogP) is 6.99. The van der Waals surface area contributed by atoms with Crippen LogP contribution in [0.5, 0.6) is 0 Å². The highest BCUT2D eigenvalue weighted by Gasteiger charge is 2.21. The number of nitrogens with zero attached hydrogens (tertiary/aromatic N) is 8. The lowest BCUT2D eigenvalue weighted by molar-refractivity contribution is 0.0524. The van der Waals surface area contributed by atoms with E-state index in [9.17, 15) is 8.78 Å². The molecule has 2 unspecified atom stereocenters. The van der Waals surface area contributed by atoms with Gasteiger partial charge in [-0.2, -0.15) is 15.1 Å². The highest BCUT2D eigenvalue weighted by atomic mass is 35.5. The first-order chi connectivity index (χ1) is 21.9. The lowest BCUT2D eigenvalue weighted by atomic mass is 10.3. The Morgan fingerprint density at radius 2 is 1.51 bits per heavy atom. The average Bonchev–Trinajstić information content (AvgIpc) is 3.01. The zero-order chi connectivity index (χ0) is 34.2. The van der Waals surface area contributed by atoms with Gasteiger partial charge < -0.3 is 30.3 Å². The molecule has 3 aromatic heterocycles. The van der Waals surface area contributed by atoms with Crippen molar-refractivity contribution in [3.8, 4) is 0 Å². The standard InChI is InChI=1S/C13H14ClFN6O.C9H13FN4O.C5H6Cl2.C2H6.CH4/c1-8-7-21(2-3-22-8)13-16-6-10(15)12(19-13)18-11-4-9(14)5-17-20-11;1-6-5-14(2-3-15-6)9-12-4-7(10)8(11)13-9;1-4(6)3-5(2)7;1-2;/h4-6,8H,2-3,7H2,1H3,(H,16,18,19,20);4,6H,2-3,5H2,1H3,(H2,11,12,13);3H,1H2,2H3;1-2H3;1H4/b;;5-3+;;. The minimum Gasteiger partial charge on any atom is -0.381 e. The van der Waals surface area contributed by atoms with Crippen LogP contribution in [0.2, 0.25) is 5.02 Å². The minimum atomic E-state index is -0.583. The number of aromatic nitrogens is 6. The molecule has 5 heterocycles. The number of nitrogens with two attached hydrogens (primary N) is 1. The molecule has 3 aromatic rings. The molecule has 0 saturated carbocycles. The van der Waals surface area contributed by atoms with Crippen molar-refractivity contribution in [2.75, 3.05) is 60.2 Å². The fourth-order valence-electron chi connectivity index (χ4n) is 3.86. The van der Waals surface area contributed by atoms with E-state index in [0.717, 1.165) is 12.4 Å². The number of nitrogen functional groups attached to an aromatic ring is 1. The molecule has 0 radical (unpaired) electrons. The van der Waals surface area contributed by atoms with E-state index >= 15 is 0 Å². The van der Waals surface area contributed by atoms with Crippen LogP contribution in [0.15, 0.2) is 47.4 Å². The number of rotatable bonds is 5. The van der Waals surface area contributed by atoms with Crippen LogP contribution in [0.4, 0.5) is 38.1 Å². The largest absolute Gasteiger partial charge is 0.381 e. The predicted molar refractivity (Wildman–Crippen MR) is 187 cm³/mol. The summed E-state index contributed by atoms with van der Waals surface area (Å²) in [5, 5.41) is 11.8. The van der Waals surface area contributed by atoms with E-state index in [1.54, 1.807) is 13.0 Å². The summed E-state index contributed by atoms with van der Waals surface area (Å²) in [5.41, 5.74) is 5.38. The SMILES string of the molecule is C.C=C(Cl)/C=C(\C)Cl.CC.CC1CN(c2ncc(F)c(N)n2)CCO1.CC1CN(c2ncc(F)c(Nc3cc(Cl)cnn3)n2)CCO1. The number of anilines is 5. The van der Waals surface area contributed by atoms with Gasteiger partial charge in [0.05, 0.1) is 49.0 Å². The fourth-order valence-corrected chi connectivity index (χ4v) is 4.36. The smallest absolute Gasteiger partial charge is 0.227 e. The van der Waals surface area contributed by atoms with Crippen molar-refractivity contribution >= 4 is 64.2 Å². The molecule has 2 aliphatic rings. The van der Waals surface area contributed by atoms with Crippen LogP contribution < -0.4 is 20.9 Å². The van der Waals surface area contributed by atoms with Crippen LogP contribution in [0.3, 0.4) is 0 Å². The molecule has 0 amide bonds. The summed E-state index contributed by atoms with van der Waals surface area (Å²) in [6.07, 6.45) is 5.42. The van der Waals surface area contributed by atoms with Crippen molar-refractivity contribution in [1.29, 1.82) is 0 Å². The molecule has 2 fully saturated rings. The molecule has 12 nitrogen and oxygen atoms in total. The number of hydrogen-bond acceptors (Lipinski definition) is 12. The van der Waals surface area contributed by atoms with Gasteiger partial charge in [-0.3, -0.25) is 0 Å². The fraction of sp³-hybridized carbons (Fsp3) is 0.467. The van der Waals surface area contributed by atoms with Gasteiger partial charge in [0, 0.05) is 42.3 Å². The third-order valence-electron chi connectivity index (χ3n) is 5.76. The molecule has 5 rings (SSSR count). The van der Waals surface area contributed by atoms with Crippen molar-refractivity contribution in [1.82, 2.24) is 30.1 Å². The monoisotopic (exact) mass is 718 g/mol. The number of hydrogen-bond donors (Lipinski definition) is 2. The summed E-state index contributed by atoms with van der Waals surface area (Å²) in [5.74, 6) is -0.0313. The van der Waals surface area contributed by atoms with Gasteiger partial charge in [-0.15, -0.1) is 5.10 Å². The maximum Gasteiger partial charge on any atom is 0.227 e. The molecule has 0 aromatic carbocycles. The van der Waals surface area contributed by atoms with Gasteiger partial charge in [0.15, 0.2) is 29.1 Å². The second-order valence-corrected chi connectivity index (χ2v) is 11.1. The van der Waals surface area contributed by atoms with E-state index in [4.69, 9.17) is 50.0 Å². The first-order valence-corrected chi connectivity index (χ1v) is 15.5. The van der Waals surface area contributed by atoms with Gasteiger partial charge in [0.25, 0.3) is 0 Å². The number of morpholine rings is 2. The highest BCUT2D eigenvalue weighted by molar-refractivity contribution is 6.34. The molecule has 2 aliphatic heterocycles. The number of ether oxygens (including phenoxy) is 2. The zero-order valence-corrected chi connectivity index (χ0v) is 28.6. The summed E-state index contributed by atoms with van der Waals surface area (Å²) in [6, 6.07) is 1.53. The quantitative estimate of drug-likeness (QED) is 0.263. The first kappa shape index (κ1) is 41.6. The van der Waals surface area contributed by atoms with Crippen molar-refractivity contribution in [2.24, 2.45) is 0 Å². The van der Waals surface area contributed by atoms with E-state index in [-0.39, 0.29) is 31.3 Å². The Labute approximate surface area is 290 Å². The molecule has 2 saturated heterocycles. The molecular formula is C30H43Cl3F2N10O2. The maximum atomic E-state index is 13.9. The molecule has 3 N–H and O–H groups in total. The average molecular weight is 720 g/mol. The molecule has 47 heavy (non-hydrogen) atoms. The van der Waals surface area contributed by atoms with Gasteiger partial charge in [0.1, 0.15) is 0 Å². The summed E-state index contributed by atoms with van der Waals surface area (Å²) >= 11 is 16.5. The van der Waals surface area contributed by atoms with Crippen LogP contribution in [0.25, 0.3) is 0 Å². The molecule has 260 valence electrons. The van der Waals surface area contributed by atoms with Crippen molar-refractivity contribution < 1.29 is 18.3 Å². The van der Waals surface area contributed by atoms with Crippen LogP contribution in [0, 0.1) is 11.6 Å². The highest BCUT2D eigenvalue weighted by Crippen LogP contribution is 2.21. The maximum absolute atomic E-state index is 13.9. The molecule has 17 heteroatoms. The van der Waals surface area contributed by atoms with E-state index in [1.807, 2.05) is 37.5 Å². The summed E-state index contributed by atoms with van der Waals surface area (Å²) < 4.78 is 37.6. The van der Waals surface area contributed by atoms with Gasteiger partial charge in [-0.05, 0) is 26.8 Å².